The largest absolute Gasteiger partial charge is 0.466 e. The van der Waals surface area contributed by atoms with E-state index < -0.39 is 5.97 Å². The number of rotatable bonds is 4. The van der Waals surface area contributed by atoms with E-state index in [4.69, 9.17) is 4.74 Å². The average Bonchev–Trinajstić information content (AvgIpc) is 2.90. The number of imidazole rings is 1. The first-order valence-electron chi connectivity index (χ1n) is 5.35. The summed E-state index contributed by atoms with van der Waals surface area (Å²) < 4.78 is 11.2. The van der Waals surface area contributed by atoms with E-state index >= 15 is 0 Å². The van der Waals surface area contributed by atoms with Crippen molar-refractivity contribution in [2.75, 3.05) is 13.7 Å². The number of carbonyl (C=O) groups is 2. The van der Waals surface area contributed by atoms with Crippen LogP contribution in [0.4, 0.5) is 0 Å². The van der Waals surface area contributed by atoms with Crippen LogP contribution in [0, 0.1) is 0 Å². The summed E-state index contributed by atoms with van der Waals surface area (Å²) in [6, 6.07) is 0. The van der Waals surface area contributed by atoms with Gasteiger partial charge in [-0.3, -0.25) is 9.20 Å². The van der Waals surface area contributed by atoms with E-state index in [1.54, 1.807) is 17.5 Å². The minimum Gasteiger partial charge on any atom is -0.466 e. The summed E-state index contributed by atoms with van der Waals surface area (Å²) in [4.78, 5) is 27.5. The molecule has 2 aromatic heterocycles. The fraction of sp³-hybridized carbons (Fsp3) is 0.364. The first-order chi connectivity index (χ1) is 8.65. The number of fused-ring (bicyclic) bond motifs is 1. The highest BCUT2D eigenvalue weighted by Crippen LogP contribution is 2.18. The van der Waals surface area contributed by atoms with Gasteiger partial charge in [-0.1, -0.05) is 0 Å². The second kappa shape index (κ2) is 5.18. The molecule has 7 heteroatoms. The van der Waals surface area contributed by atoms with Gasteiger partial charge in [-0.15, -0.1) is 11.3 Å². The average molecular weight is 268 g/mol. The van der Waals surface area contributed by atoms with Gasteiger partial charge in [0.1, 0.15) is 0 Å². The Kier molecular flexibility index (Phi) is 3.61. The summed E-state index contributed by atoms with van der Waals surface area (Å²) in [5.74, 6) is -0.793. The number of methoxy groups -OCH3 is 1. The van der Waals surface area contributed by atoms with Crippen molar-refractivity contribution in [3.63, 3.8) is 0 Å². The van der Waals surface area contributed by atoms with Crippen molar-refractivity contribution >= 4 is 28.2 Å². The maximum Gasteiger partial charge on any atom is 0.358 e. The molecule has 0 atom stereocenters. The van der Waals surface area contributed by atoms with Gasteiger partial charge in [0.2, 0.25) is 0 Å². The Morgan fingerprint density at radius 3 is 2.94 bits per heavy atom. The second-order valence-electron chi connectivity index (χ2n) is 3.48. The minimum absolute atomic E-state index is 0.158. The molecule has 96 valence electrons. The smallest absolute Gasteiger partial charge is 0.358 e. The molecule has 0 unspecified atom stereocenters. The van der Waals surface area contributed by atoms with Crippen molar-refractivity contribution in [3.8, 4) is 0 Å². The van der Waals surface area contributed by atoms with Gasteiger partial charge >= 0.3 is 11.9 Å². The fourth-order valence-electron chi connectivity index (χ4n) is 1.52. The zero-order valence-corrected chi connectivity index (χ0v) is 10.8. The topological polar surface area (TPSA) is 69.9 Å². The molecule has 0 aromatic carbocycles. The van der Waals surface area contributed by atoms with Crippen LogP contribution in [0.2, 0.25) is 0 Å². The monoisotopic (exact) mass is 268 g/mol. The van der Waals surface area contributed by atoms with Gasteiger partial charge in [-0.2, -0.15) is 0 Å². The quantitative estimate of drug-likeness (QED) is 0.781. The fourth-order valence-corrected chi connectivity index (χ4v) is 2.39. The molecule has 6 nitrogen and oxygen atoms in total. The number of carbonyl (C=O) groups excluding carboxylic acids is 2. The van der Waals surface area contributed by atoms with E-state index in [1.165, 1.54) is 18.4 Å². The molecule has 0 aliphatic heterocycles. The molecule has 0 spiro atoms. The molecule has 2 aromatic rings. The molecule has 0 N–H and O–H groups in total. The Labute approximate surface area is 107 Å². The van der Waals surface area contributed by atoms with Gasteiger partial charge in [-0.25, -0.2) is 9.78 Å². The third kappa shape index (κ3) is 2.35. The summed E-state index contributed by atoms with van der Waals surface area (Å²) in [5.41, 5.74) is 0.977. The zero-order valence-electron chi connectivity index (χ0n) is 10.0. The number of thiazole rings is 1. The Morgan fingerprint density at radius 1 is 1.50 bits per heavy atom. The Morgan fingerprint density at radius 2 is 2.28 bits per heavy atom. The van der Waals surface area contributed by atoms with Crippen molar-refractivity contribution in [2.45, 2.75) is 13.3 Å². The number of hydrogen-bond donors (Lipinski definition) is 0. The molecule has 0 bridgehead atoms. The molecule has 2 rings (SSSR count). The van der Waals surface area contributed by atoms with E-state index in [1.807, 2.05) is 5.38 Å². The minimum atomic E-state index is -0.493. The van der Waals surface area contributed by atoms with E-state index in [2.05, 4.69) is 9.72 Å². The highest BCUT2D eigenvalue weighted by atomic mass is 32.1. The van der Waals surface area contributed by atoms with E-state index in [-0.39, 0.29) is 18.1 Å². The van der Waals surface area contributed by atoms with Crippen LogP contribution < -0.4 is 0 Å². The summed E-state index contributed by atoms with van der Waals surface area (Å²) in [6.07, 6.45) is 1.72. The first kappa shape index (κ1) is 12.6. The van der Waals surface area contributed by atoms with Crippen molar-refractivity contribution in [2.24, 2.45) is 0 Å². The van der Waals surface area contributed by atoms with Crippen LogP contribution >= 0.6 is 11.3 Å². The van der Waals surface area contributed by atoms with Crippen LogP contribution in [0.5, 0.6) is 0 Å². The maximum atomic E-state index is 11.4. The molecular formula is C11H12N2O4S. The third-order valence-corrected chi connectivity index (χ3v) is 3.20. The van der Waals surface area contributed by atoms with Crippen LogP contribution in [0.3, 0.4) is 0 Å². The molecule has 18 heavy (non-hydrogen) atoms. The van der Waals surface area contributed by atoms with Crippen LogP contribution in [0.15, 0.2) is 11.6 Å². The number of nitrogens with zero attached hydrogens (tertiary/aromatic N) is 2. The predicted molar refractivity (Wildman–Crippen MR) is 64.7 cm³/mol. The number of esters is 2. The highest BCUT2D eigenvalue weighted by Gasteiger charge is 2.15. The van der Waals surface area contributed by atoms with Crippen molar-refractivity contribution in [1.82, 2.24) is 9.38 Å². The van der Waals surface area contributed by atoms with E-state index in [0.717, 1.165) is 5.69 Å². The maximum absolute atomic E-state index is 11.4. The number of aromatic nitrogens is 2. The zero-order chi connectivity index (χ0) is 13.1. The van der Waals surface area contributed by atoms with Gasteiger partial charge in [0.25, 0.3) is 0 Å². The Balaban J connectivity index is 2.26. The Bertz CT molecular complexity index is 587. The number of ether oxygens (including phenoxy) is 2. The van der Waals surface area contributed by atoms with Crippen LogP contribution in [-0.2, 0) is 20.7 Å². The molecule has 0 saturated heterocycles. The molecule has 0 aliphatic carbocycles. The van der Waals surface area contributed by atoms with Gasteiger partial charge in [0, 0.05) is 17.3 Å². The lowest BCUT2D eigenvalue weighted by Crippen LogP contribution is -2.08. The molecule has 0 aliphatic rings. The lowest BCUT2D eigenvalue weighted by atomic mass is 10.3. The molecule has 0 fully saturated rings. The molecular weight excluding hydrogens is 256 g/mol. The predicted octanol–water partition coefficient (Wildman–Crippen LogP) is 1.29. The summed E-state index contributed by atoms with van der Waals surface area (Å²) >= 11 is 1.36. The van der Waals surface area contributed by atoms with Gasteiger partial charge in [-0.05, 0) is 6.92 Å². The van der Waals surface area contributed by atoms with Crippen LogP contribution in [0.25, 0.3) is 4.96 Å². The summed E-state index contributed by atoms with van der Waals surface area (Å²) in [7, 11) is 1.30. The molecule has 0 saturated carbocycles. The standard InChI is InChI=1S/C11H12N2O4S/c1-3-17-9(14)4-7-6-18-11-12-8(5-13(7)11)10(15)16-2/h5-6H,3-4H2,1-2H3. The molecule has 2 heterocycles. The van der Waals surface area contributed by atoms with E-state index in [0.29, 0.717) is 11.6 Å². The number of hydrogen-bond acceptors (Lipinski definition) is 6. The normalized spacial score (nSPS) is 10.6. The summed E-state index contributed by atoms with van der Waals surface area (Å²) in [5, 5.41) is 1.82. The molecule has 0 radical (unpaired) electrons. The van der Waals surface area contributed by atoms with Gasteiger partial charge in [0.15, 0.2) is 10.7 Å². The summed E-state index contributed by atoms with van der Waals surface area (Å²) in [6.45, 7) is 2.11. The lowest BCUT2D eigenvalue weighted by Gasteiger charge is -2.00. The first-order valence-corrected chi connectivity index (χ1v) is 6.23. The van der Waals surface area contributed by atoms with E-state index in [9.17, 15) is 9.59 Å². The highest BCUT2D eigenvalue weighted by molar-refractivity contribution is 7.15. The third-order valence-electron chi connectivity index (χ3n) is 2.31. The van der Waals surface area contributed by atoms with Crippen molar-refractivity contribution in [1.29, 1.82) is 0 Å². The second-order valence-corrected chi connectivity index (χ2v) is 4.32. The van der Waals surface area contributed by atoms with Crippen molar-refractivity contribution in [3.05, 3.63) is 23.0 Å². The van der Waals surface area contributed by atoms with Crippen molar-refractivity contribution < 1.29 is 19.1 Å². The molecule has 0 amide bonds. The Hall–Kier alpha value is -1.89. The lowest BCUT2D eigenvalue weighted by molar-refractivity contribution is -0.142. The van der Waals surface area contributed by atoms with Gasteiger partial charge in [0.05, 0.1) is 20.1 Å². The van der Waals surface area contributed by atoms with Gasteiger partial charge < -0.3 is 9.47 Å². The van der Waals surface area contributed by atoms with Crippen LogP contribution in [-0.4, -0.2) is 35.0 Å². The SMILES string of the molecule is CCOC(=O)Cc1csc2nc(C(=O)OC)cn12. The van der Waals surface area contributed by atoms with Crippen LogP contribution in [0.1, 0.15) is 23.1 Å².